The topological polar surface area (TPSA) is 51.0 Å². The summed E-state index contributed by atoms with van der Waals surface area (Å²) in [6.45, 7) is 3.31. The number of aryl methyl sites for hydroxylation is 1. The Hall–Kier alpha value is -2.21. The van der Waals surface area contributed by atoms with Gasteiger partial charge in [0.05, 0.1) is 5.52 Å². The predicted molar refractivity (Wildman–Crippen MR) is 93.1 cm³/mol. The third kappa shape index (κ3) is 3.12. The smallest absolute Gasteiger partial charge is 0.253 e. The summed E-state index contributed by atoms with van der Waals surface area (Å²) in [5.41, 5.74) is 3.38. The Morgan fingerprint density at radius 3 is 2.78 bits per heavy atom. The number of benzene rings is 2. The maximum Gasteiger partial charge on any atom is 0.253 e. The third-order valence-corrected chi connectivity index (χ3v) is 4.55. The molecule has 0 aliphatic rings. The van der Waals surface area contributed by atoms with Gasteiger partial charge in [0, 0.05) is 30.2 Å². The minimum absolute atomic E-state index is 0.0336. The van der Waals surface area contributed by atoms with E-state index in [4.69, 9.17) is 0 Å². The molecule has 6 heteroatoms. The van der Waals surface area contributed by atoms with Gasteiger partial charge in [0.1, 0.15) is 5.52 Å². The zero-order chi connectivity index (χ0) is 16.4. The van der Waals surface area contributed by atoms with Crippen LogP contribution in [0.15, 0.2) is 46.9 Å². The van der Waals surface area contributed by atoms with Crippen LogP contribution in [0.3, 0.4) is 0 Å². The highest BCUT2D eigenvalue weighted by molar-refractivity contribution is 9.10. The van der Waals surface area contributed by atoms with Gasteiger partial charge in [-0.2, -0.15) is 0 Å². The van der Waals surface area contributed by atoms with Gasteiger partial charge in [0.25, 0.3) is 5.91 Å². The lowest BCUT2D eigenvalue weighted by molar-refractivity contribution is 0.0785. The molecule has 0 atom stereocenters. The maximum absolute atomic E-state index is 12.6. The summed E-state index contributed by atoms with van der Waals surface area (Å²) in [7, 11) is 1.80. The van der Waals surface area contributed by atoms with E-state index >= 15 is 0 Å². The normalized spacial score (nSPS) is 10.9. The molecule has 0 aliphatic carbocycles. The number of hydrogen-bond acceptors (Lipinski definition) is 3. The second-order valence-corrected chi connectivity index (χ2v) is 6.22. The quantitative estimate of drug-likeness (QED) is 0.704. The zero-order valence-corrected chi connectivity index (χ0v) is 14.6. The van der Waals surface area contributed by atoms with E-state index in [1.807, 2.05) is 48.0 Å². The van der Waals surface area contributed by atoms with Gasteiger partial charge in [-0.25, -0.2) is 4.68 Å². The standard InChI is InChI=1S/C17H17BrN4O/c1-3-22-16-9-8-12(10-15(16)19-20-22)17(23)21(2)11-13-6-4-5-7-14(13)18/h4-10H,3,11H2,1-2H3. The van der Waals surface area contributed by atoms with Crippen LogP contribution < -0.4 is 0 Å². The first-order chi connectivity index (χ1) is 11.1. The maximum atomic E-state index is 12.6. The lowest BCUT2D eigenvalue weighted by atomic mass is 10.1. The molecule has 1 aromatic heterocycles. The second-order valence-electron chi connectivity index (χ2n) is 5.36. The van der Waals surface area contributed by atoms with Crippen LogP contribution in [0.25, 0.3) is 11.0 Å². The Morgan fingerprint density at radius 2 is 2.04 bits per heavy atom. The molecule has 118 valence electrons. The number of nitrogens with zero attached hydrogens (tertiary/aromatic N) is 4. The van der Waals surface area contributed by atoms with Crippen molar-refractivity contribution in [3.63, 3.8) is 0 Å². The van der Waals surface area contributed by atoms with Gasteiger partial charge in [0.15, 0.2) is 0 Å². The SMILES string of the molecule is CCn1nnc2cc(C(=O)N(C)Cc3ccccc3Br)ccc21. The molecule has 0 spiro atoms. The number of halogens is 1. The molecule has 1 heterocycles. The van der Waals surface area contributed by atoms with Crippen molar-refractivity contribution in [2.75, 3.05) is 7.05 Å². The molecule has 0 saturated heterocycles. The van der Waals surface area contributed by atoms with Gasteiger partial charge in [0.2, 0.25) is 0 Å². The van der Waals surface area contributed by atoms with Crippen LogP contribution in [-0.2, 0) is 13.1 Å². The Kier molecular flexibility index (Phi) is 4.43. The van der Waals surface area contributed by atoms with Crippen LogP contribution in [0.1, 0.15) is 22.8 Å². The minimum atomic E-state index is -0.0336. The molecule has 0 radical (unpaired) electrons. The molecule has 0 aliphatic heterocycles. The Bertz CT molecular complexity index is 859. The number of amides is 1. The molecule has 0 fully saturated rings. The molecular formula is C17H17BrN4O. The summed E-state index contributed by atoms with van der Waals surface area (Å²) < 4.78 is 2.81. The summed E-state index contributed by atoms with van der Waals surface area (Å²) >= 11 is 3.51. The summed E-state index contributed by atoms with van der Waals surface area (Å²) in [5, 5.41) is 8.20. The number of fused-ring (bicyclic) bond motifs is 1. The molecule has 1 amide bonds. The Morgan fingerprint density at radius 1 is 1.26 bits per heavy atom. The molecule has 0 saturated carbocycles. The van der Waals surface area contributed by atoms with Crippen molar-refractivity contribution in [1.82, 2.24) is 19.9 Å². The van der Waals surface area contributed by atoms with Crippen LogP contribution in [0, 0.1) is 0 Å². The minimum Gasteiger partial charge on any atom is -0.337 e. The van der Waals surface area contributed by atoms with Crippen molar-refractivity contribution in [3.05, 3.63) is 58.1 Å². The third-order valence-electron chi connectivity index (χ3n) is 3.77. The van der Waals surface area contributed by atoms with Crippen molar-refractivity contribution >= 4 is 32.9 Å². The van der Waals surface area contributed by atoms with Gasteiger partial charge in [-0.15, -0.1) is 5.10 Å². The van der Waals surface area contributed by atoms with E-state index in [0.717, 1.165) is 27.6 Å². The van der Waals surface area contributed by atoms with Crippen molar-refractivity contribution < 1.29 is 4.79 Å². The fourth-order valence-corrected chi connectivity index (χ4v) is 2.92. The fraction of sp³-hybridized carbons (Fsp3) is 0.235. The van der Waals surface area contributed by atoms with Crippen molar-refractivity contribution in [1.29, 1.82) is 0 Å². The average Bonchev–Trinajstić information content (AvgIpc) is 2.98. The number of aromatic nitrogens is 3. The van der Waals surface area contributed by atoms with E-state index in [-0.39, 0.29) is 5.91 Å². The molecule has 2 aromatic carbocycles. The molecular weight excluding hydrogens is 356 g/mol. The molecule has 5 nitrogen and oxygen atoms in total. The first kappa shape index (κ1) is 15.7. The lowest BCUT2D eigenvalue weighted by Crippen LogP contribution is -2.26. The first-order valence-electron chi connectivity index (χ1n) is 7.42. The van der Waals surface area contributed by atoms with E-state index in [1.54, 1.807) is 18.0 Å². The average molecular weight is 373 g/mol. The molecule has 0 bridgehead atoms. The van der Waals surface area contributed by atoms with Gasteiger partial charge in [-0.05, 0) is 36.8 Å². The van der Waals surface area contributed by atoms with Gasteiger partial charge < -0.3 is 4.90 Å². The Labute approximate surface area is 143 Å². The van der Waals surface area contributed by atoms with Gasteiger partial charge in [-0.3, -0.25) is 4.79 Å². The zero-order valence-electron chi connectivity index (χ0n) is 13.0. The van der Waals surface area contributed by atoms with E-state index in [1.165, 1.54) is 0 Å². The molecule has 23 heavy (non-hydrogen) atoms. The molecule has 3 aromatic rings. The highest BCUT2D eigenvalue weighted by Gasteiger charge is 2.15. The summed E-state index contributed by atoms with van der Waals surface area (Å²) in [4.78, 5) is 14.3. The van der Waals surface area contributed by atoms with Crippen LogP contribution in [-0.4, -0.2) is 32.8 Å². The van der Waals surface area contributed by atoms with Gasteiger partial charge in [-0.1, -0.05) is 39.3 Å². The molecule has 0 N–H and O–H groups in total. The highest BCUT2D eigenvalue weighted by atomic mass is 79.9. The summed E-state index contributed by atoms with van der Waals surface area (Å²) in [6, 6.07) is 13.4. The number of carbonyl (C=O) groups excluding carboxylic acids is 1. The van der Waals surface area contributed by atoms with Crippen molar-refractivity contribution in [3.8, 4) is 0 Å². The monoisotopic (exact) mass is 372 g/mol. The summed E-state index contributed by atoms with van der Waals surface area (Å²) in [5.74, 6) is -0.0336. The van der Waals surface area contributed by atoms with Crippen LogP contribution in [0.5, 0.6) is 0 Å². The second kappa shape index (κ2) is 6.50. The first-order valence-corrected chi connectivity index (χ1v) is 8.21. The van der Waals surface area contributed by atoms with Crippen LogP contribution >= 0.6 is 15.9 Å². The highest BCUT2D eigenvalue weighted by Crippen LogP contribution is 2.19. The van der Waals surface area contributed by atoms with Crippen LogP contribution in [0.4, 0.5) is 0 Å². The number of carbonyl (C=O) groups is 1. The largest absolute Gasteiger partial charge is 0.337 e. The van der Waals surface area contributed by atoms with E-state index in [2.05, 4.69) is 26.2 Å². The van der Waals surface area contributed by atoms with E-state index in [9.17, 15) is 4.79 Å². The van der Waals surface area contributed by atoms with Crippen molar-refractivity contribution in [2.45, 2.75) is 20.0 Å². The number of rotatable bonds is 4. The van der Waals surface area contributed by atoms with Gasteiger partial charge >= 0.3 is 0 Å². The predicted octanol–water partition coefficient (Wildman–Crippen LogP) is 3.49. The lowest BCUT2D eigenvalue weighted by Gasteiger charge is -2.18. The summed E-state index contributed by atoms with van der Waals surface area (Å²) in [6.07, 6.45) is 0. The van der Waals surface area contributed by atoms with Crippen LogP contribution in [0.2, 0.25) is 0 Å². The fourth-order valence-electron chi connectivity index (χ4n) is 2.51. The molecule has 0 unspecified atom stereocenters. The van der Waals surface area contributed by atoms with Crippen molar-refractivity contribution in [2.24, 2.45) is 0 Å². The number of hydrogen-bond donors (Lipinski definition) is 0. The Balaban J connectivity index is 1.83. The molecule has 3 rings (SSSR count). The van der Waals surface area contributed by atoms with E-state index in [0.29, 0.717) is 12.1 Å². The van der Waals surface area contributed by atoms with E-state index < -0.39 is 0 Å².